The zero-order valence-corrected chi connectivity index (χ0v) is 10.5. The molecule has 1 N–H and O–H groups in total. The van der Waals surface area contributed by atoms with Crippen molar-refractivity contribution in [2.75, 3.05) is 13.2 Å². The molecule has 1 aromatic heterocycles. The molecular formula is C13H15NO2S. The molecule has 0 bridgehead atoms. The third-order valence-electron chi connectivity index (χ3n) is 2.27. The number of aromatic nitrogens is 1. The van der Waals surface area contributed by atoms with E-state index in [1.807, 2.05) is 36.6 Å². The first kappa shape index (κ1) is 12.1. The Kier molecular flexibility index (Phi) is 4.12. The van der Waals surface area contributed by atoms with E-state index >= 15 is 0 Å². The van der Waals surface area contributed by atoms with Gasteiger partial charge in [-0.2, -0.15) is 0 Å². The third kappa shape index (κ3) is 3.28. The number of aryl methyl sites for hydroxylation is 1. The number of hydrogen-bond acceptors (Lipinski definition) is 4. The summed E-state index contributed by atoms with van der Waals surface area (Å²) in [7, 11) is 0. The molecule has 4 heteroatoms. The zero-order chi connectivity index (χ0) is 12.1. The minimum atomic E-state index is 0.158. The first-order chi connectivity index (χ1) is 8.29. The first-order valence-corrected chi connectivity index (χ1v) is 6.44. The summed E-state index contributed by atoms with van der Waals surface area (Å²) in [6, 6.07) is 7.88. The summed E-state index contributed by atoms with van der Waals surface area (Å²) in [6.45, 7) is 2.68. The van der Waals surface area contributed by atoms with Crippen LogP contribution in [0.25, 0.3) is 10.6 Å². The second-order valence-electron chi connectivity index (χ2n) is 3.75. The van der Waals surface area contributed by atoms with Gasteiger partial charge < -0.3 is 9.84 Å². The van der Waals surface area contributed by atoms with Crippen molar-refractivity contribution < 1.29 is 9.84 Å². The molecule has 2 rings (SSSR count). The lowest BCUT2D eigenvalue weighted by atomic mass is 10.2. The van der Waals surface area contributed by atoms with Gasteiger partial charge >= 0.3 is 0 Å². The smallest absolute Gasteiger partial charge is 0.123 e. The molecule has 0 spiro atoms. The molecule has 0 fully saturated rings. The molecule has 90 valence electrons. The van der Waals surface area contributed by atoms with Crippen molar-refractivity contribution in [3.8, 4) is 16.3 Å². The maximum absolute atomic E-state index is 8.69. The second-order valence-corrected chi connectivity index (χ2v) is 4.61. The molecule has 3 nitrogen and oxygen atoms in total. The van der Waals surface area contributed by atoms with E-state index in [2.05, 4.69) is 4.98 Å². The topological polar surface area (TPSA) is 42.4 Å². The van der Waals surface area contributed by atoms with Crippen molar-refractivity contribution in [2.24, 2.45) is 0 Å². The summed E-state index contributed by atoms with van der Waals surface area (Å²) >= 11 is 1.63. The Bertz CT molecular complexity index is 482. The van der Waals surface area contributed by atoms with Gasteiger partial charge in [0, 0.05) is 29.7 Å². The van der Waals surface area contributed by atoms with Gasteiger partial charge in [-0.1, -0.05) is 12.1 Å². The Labute approximate surface area is 105 Å². The lowest BCUT2D eigenvalue weighted by Gasteiger charge is -2.05. The van der Waals surface area contributed by atoms with Gasteiger partial charge in [0.2, 0.25) is 0 Å². The highest BCUT2D eigenvalue weighted by molar-refractivity contribution is 7.13. The van der Waals surface area contributed by atoms with Crippen LogP contribution in [0.3, 0.4) is 0 Å². The van der Waals surface area contributed by atoms with E-state index in [0.29, 0.717) is 13.0 Å². The van der Waals surface area contributed by atoms with Crippen LogP contribution in [-0.4, -0.2) is 23.3 Å². The van der Waals surface area contributed by atoms with Crippen LogP contribution in [0, 0.1) is 6.92 Å². The maximum atomic E-state index is 8.69. The summed E-state index contributed by atoms with van der Waals surface area (Å²) in [5.74, 6) is 0.823. The van der Waals surface area contributed by atoms with E-state index < -0.39 is 0 Å². The van der Waals surface area contributed by atoms with Gasteiger partial charge in [0.05, 0.1) is 6.61 Å². The van der Waals surface area contributed by atoms with Crippen molar-refractivity contribution in [1.82, 2.24) is 4.98 Å². The highest BCUT2D eigenvalue weighted by Crippen LogP contribution is 2.26. The normalized spacial score (nSPS) is 10.5. The Hall–Kier alpha value is -1.39. The predicted octanol–water partition coefficient (Wildman–Crippen LogP) is 2.88. The predicted molar refractivity (Wildman–Crippen MR) is 69.5 cm³/mol. The Balaban J connectivity index is 2.11. The van der Waals surface area contributed by atoms with Crippen LogP contribution in [0.15, 0.2) is 29.6 Å². The third-order valence-corrected chi connectivity index (χ3v) is 3.28. The quantitative estimate of drug-likeness (QED) is 0.828. The van der Waals surface area contributed by atoms with E-state index in [-0.39, 0.29) is 6.61 Å². The van der Waals surface area contributed by atoms with Gasteiger partial charge in [0.1, 0.15) is 10.8 Å². The SMILES string of the molecule is Cc1csc(-c2cccc(OCCCO)c2)n1. The van der Waals surface area contributed by atoms with Crippen LogP contribution >= 0.6 is 11.3 Å². The van der Waals surface area contributed by atoms with Gasteiger partial charge in [0.25, 0.3) is 0 Å². The average molecular weight is 249 g/mol. The minimum absolute atomic E-state index is 0.158. The largest absolute Gasteiger partial charge is 0.493 e. The van der Waals surface area contributed by atoms with E-state index in [4.69, 9.17) is 9.84 Å². The molecule has 0 radical (unpaired) electrons. The summed E-state index contributed by atoms with van der Waals surface area (Å²) < 4.78 is 5.53. The number of rotatable bonds is 5. The number of aliphatic hydroxyl groups excluding tert-OH is 1. The van der Waals surface area contributed by atoms with Gasteiger partial charge in [0.15, 0.2) is 0 Å². The molecular weight excluding hydrogens is 234 g/mol. The molecule has 0 unspecified atom stereocenters. The molecule has 17 heavy (non-hydrogen) atoms. The molecule has 2 aromatic rings. The molecule has 0 aliphatic heterocycles. The maximum Gasteiger partial charge on any atom is 0.123 e. The van der Waals surface area contributed by atoms with Crippen LogP contribution < -0.4 is 4.74 Å². The Morgan fingerprint density at radius 3 is 3.00 bits per heavy atom. The van der Waals surface area contributed by atoms with Crippen molar-refractivity contribution in [3.63, 3.8) is 0 Å². The van der Waals surface area contributed by atoms with Crippen molar-refractivity contribution >= 4 is 11.3 Å². The van der Waals surface area contributed by atoms with Crippen molar-refractivity contribution in [3.05, 3.63) is 35.3 Å². The molecule has 0 aliphatic rings. The fourth-order valence-corrected chi connectivity index (χ4v) is 2.25. The second kappa shape index (κ2) is 5.80. The van der Waals surface area contributed by atoms with Crippen LogP contribution in [0.4, 0.5) is 0 Å². The average Bonchev–Trinajstić information content (AvgIpc) is 2.77. The molecule has 1 heterocycles. The molecule has 0 amide bonds. The zero-order valence-electron chi connectivity index (χ0n) is 9.72. The van der Waals surface area contributed by atoms with Gasteiger partial charge in [-0.05, 0) is 19.1 Å². The fourth-order valence-electron chi connectivity index (χ4n) is 1.46. The Morgan fingerprint density at radius 2 is 2.29 bits per heavy atom. The fraction of sp³-hybridized carbons (Fsp3) is 0.308. The number of nitrogens with zero attached hydrogens (tertiary/aromatic N) is 1. The standard InChI is InChI=1S/C13H15NO2S/c1-10-9-17-13(14-10)11-4-2-5-12(8-11)16-7-3-6-15/h2,4-5,8-9,15H,3,6-7H2,1H3. The number of benzene rings is 1. The number of ether oxygens (including phenoxy) is 1. The summed E-state index contributed by atoms with van der Waals surface area (Å²) in [5.41, 5.74) is 2.11. The van der Waals surface area contributed by atoms with Crippen LogP contribution in [0.1, 0.15) is 12.1 Å². The lowest BCUT2D eigenvalue weighted by Crippen LogP contribution is -1.99. The Morgan fingerprint density at radius 1 is 1.41 bits per heavy atom. The highest BCUT2D eigenvalue weighted by Gasteiger charge is 2.03. The number of aliphatic hydroxyl groups is 1. The monoisotopic (exact) mass is 249 g/mol. The summed E-state index contributed by atoms with van der Waals surface area (Å²) in [5, 5.41) is 11.7. The molecule has 0 saturated heterocycles. The number of thiazole rings is 1. The van der Waals surface area contributed by atoms with Crippen LogP contribution in [0.5, 0.6) is 5.75 Å². The van der Waals surface area contributed by atoms with Gasteiger partial charge in [-0.15, -0.1) is 11.3 Å². The molecule has 0 saturated carbocycles. The number of hydrogen-bond donors (Lipinski definition) is 1. The molecule has 1 aromatic carbocycles. The molecule has 0 aliphatic carbocycles. The van der Waals surface area contributed by atoms with E-state index in [1.54, 1.807) is 11.3 Å². The van der Waals surface area contributed by atoms with E-state index in [0.717, 1.165) is 22.0 Å². The van der Waals surface area contributed by atoms with Gasteiger partial charge in [-0.3, -0.25) is 0 Å². The van der Waals surface area contributed by atoms with Gasteiger partial charge in [-0.25, -0.2) is 4.98 Å². The van der Waals surface area contributed by atoms with Crippen molar-refractivity contribution in [1.29, 1.82) is 0 Å². The molecule has 0 atom stereocenters. The summed E-state index contributed by atoms with van der Waals surface area (Å²) in [6.07, 6.45) is 0.653. The first-order valence-electron chi connectivity index (χ1n) is 5.56. The lowest BCUT2D eigenvalue weighted by molar-refractivity contribution is 0.233. The van der Waals surface area contributed by atoms with Crippen molar-refractivity contribution in [2.45, 2.75) is 13.3 Å². The van der Waals surface area contributed by atoms with E-state index in [9.17, 15) is 0 Å². The van der Waals surface area contributed by atoms with E-state index in [1.165, 1.54) is 0 Å². The highest BCUT2D eigenvalue weighted by atomic mass is 32.1. The minimum Gasteiger partial charge on any atom is -0.493 e. The van der Waals surface area contributed by atoms with Crippen LogP contribution in [-0.2, 0) is 0 Å². The summed E-state index contributed by atoms with van der Waals surface area (Å²) in [4.78, 5) is 4.44. The van der Waals surface area contributed by atoms with Crippen LogP contribution in [0.2, 0.25) is 0 Å².